The predicted molar refractivity (Wildman–Crippen MR) is 304 cm³/mol. The van der Waals surface area contributed by atoms with Crippen LogP contribution in [-0.4, -0.2) is 221 Å². The Balaban J connectivity index is 1.70. The zero-order valence-electron chi connectivity index (χ0n) is 46.7. The number of aliphatic hydroxyl groups is 2. The summed E-state index contributed by atoms with van der Waals surface area (Å²) in [5, 5.41) is 79.8. The number of likely N-dealkylation sites (N-methyl/N-ethyl adjacent to an activating group) is 2. The van der Waals surface area contributed by atoms with Gasteiger partial charge in [-0.25, -0.2) is 0 Å². The number of aliphatic hydroxyl groups excluding tert-OH is 2. The van der Waals surface area contributed by atoms with Crippen molar-refractivity contribution in [2.75, 3.05) is 71.4 Å². The van der Waals surface area contributed by atoms with Crippen molar-refractivity contribution in [2.45, 2.75) is 127 Å². The topological polar surface area (TPSA) is 382 Å². The maximum absolute atomic E-state index is 14.5. The molecule has 4 rings (SSSR count). The molecule has 2 saturated heterocycles. The van der Waals surface area contributed by atoms with Gasteiger partial charge in [0.25, 0.3) is 0 Å². The third-order valence-electron chi connectivity index (χ3n) is 13.3. The van der Waals surface area contributed by atoms with Gasteiger partial charge >= 0.3 is 5.97 Å². The summed E-state index contributed by atoms with van der Waals surface area (Å²) in [6.07, 6.45) is -3.45. The number of hydrogen-bond donors (Lipinski definition) is 15. The Morgan fingerprint density at radius 2 is 1.27 bits per heavy atom. The molecule has 2 fully saturated rings. The van der Waals surface area contributed by atoms with E-state index in [1.807, 2.05) is 32.8 Å². The Morgan fingerprint density at radius 1 is 0.728 bits per heavy atom. The Bertz CT molecular complexity index is 2400. The number of carboxylic acids is 1. The lowest BCUT2D eigenvalue weighted by Crippen LogP contribution is -2.61. The Labute approximate surface area is 480 Å². The summed E-state index contributed by atoms with van der Waals surface area (Å²) in [6, 6.07) is 0.967. The van der Waals surface area contributed by atoms with Crippen molar-refractivity contribution >= 4 is 74.8 Å². The maximum Gasteiger partial charge on any atom is 0.305 e. The number of aliphatic carboxylic acids is 1. The number of amides is 8. The monoisotopic (exact) mass is 1170 g/mol. The van der Waals surface area contributed by atoms with Gasteiger partial charge in [0.15, 0.2) is 0 Å². The van der Waals surface area contributed by atoms with Crippen molar-refractivity contribution in [3.8, 4) is 11.5 Å². The Hall–Kier alpha value is -6.27. The molecule has 0 radical (unpaired) electrons. The van der Waals surface area contributed by atoms with Crippen molar-refractivity contribution in [1.29, 1.82) is 0 Å². The van der Waals surface area contributed by atoms with Gasteiger partial charge in [-0.15, -0.1) is 0 Å². The minimum atomic E-state index is -1.85. The van der Waals surface area contributed by atoms with Gasteiger partial charge in [0.1, 0.15) is 47.9 Å². The van der Waals surface area contributed by atoms with Crippen molar-refractivity contribution < 1.29 is 68.7 Å². The zero-order valence-corrected chi connectivity index (χ0v) is 48.3. The number of carbonyl (C=O) groups excluding carboxylic acids is 8. The third-order valence-corrected chi connectivity index (χ3v) is 15.8. The number of carbonyl (C=O) groups is 9. The summed E-state index contributed by atoms with van der Waals surface area (Å²) in [5.41, 5.74) is 0.831. The first-order valence-corrected chi connectivity index (χ1v) is 29.5. The normalized spacial score (nSPS) is 23.5. The fraction of sp³-hybridized carbons (Fsp3) is 0.604. The second-order valence-corrected chi connectivity index (χ2v) is 23.2. The first-order valence-electron chi connectivity index (χ1n) is 27.0. The number of hydrogen-bond acceptors (Lipinski definition) is 19. The van der Waals surface area contributed by atoms with Crippen molar-refractivity contribution in [2.24, 2.45) is 5.92 Å². The van der Waals surface area contributed by atoms with Gasteiger partial charge in [-0.2, -0.15) is 0 Å². The van der Waals surface area contributed by atoms with Crippen LogP contribution in [0.4, 0.5) is 0 Å². The number of rotatable bonds is 22. The first kappa shape index (κ1) is 67.2. The molecular formula is C53H82N12O14S2. The van der Waals surface area contributed by atoms with Crippen LogP contribution in [0.2, 0.25) is 0 Å². The first-order chi connectivity index (χ1) is 38.5. The highest BCUT2D eigenvalue weighted by Crippen LogP contribution is 2.26. The molecule has 2 heterocycles. The van der Waals surface area contributed by atoms with Gasteiger partial charge in [0, 0.05) is 63.1 Å². The second-order valence-electron chi connectivity index (χ2n) is 20.6. The van der Waals surface area contributed by atoms with Crippen molar-refractivity contribution in [3.05, 3.63) is 59.7 Å². The summed E-state index contributed by atoms with van der Waals surface area (Å²) in [5.74, 6) is -8.09. The molecule has 450 valence electrons. The molecule has 2 aromatic carbocycles. The van der Waals surface area contributed by atoms with E-state index in [-0.39, 0.29) is 73.6 Å². The molecular weight excluding hydrogens is 1090 g/mol. The van der Waals surface area contributed by atoms with Gasteiger partial charge in [-0.05, 0) is 88.5 Å². The molecule has 0 aromatic heterocycles. The molecule has 2 aromatic rings. The molecule has 0 spiro atoms. The lowest BCUT2D eigenvalue weighted by Gasteiger charge is -2.34. The molecule has 28 heteroatoms. The molecule has 10 atom stereocenters. The van der Waals surface area contributed by atoms with Gasteiger partial charge in [-0.1, -0.05) is 59.7 Å². The Kier molecular flexibility index (Phi) is 28.4. The standard InChI is InChI=1S/C53H82N12O14S2/c1-30(2)22-40(58-44(70)27-64(20-17-54-5)21-18-55-6)53(79)65-19-7-8-42(65)51(77)62-41-29-81-80-28-31(3)57-52(78)46(32(4)66)63-43(69)26-56-47(73)37(23-33-9-13-35(67)14-10-33)59-48(74)38(24-34-11-15-36(68)16-12-34)60-49(75)39(25-45(71)72)61-50(41)76/h9-16,30-32,37-42,46,51,54-55,62,66-68,77H,7-8,17-29H2,1-6H3,(H,56,73)(H,57,78)(H,58,70)(H,59,74)(H,60,75)(H,61,76)(H,63,69)(H,71,72)/t31-,32?,37+,38+,39+,40+,41+,42?,46+,51+/m1/s1. The van der Waals surface area contributed by atoms with Crippen molar-refractivity contribution in [3.63, 3.8) is 0 Å². The van der Waals surface area contributed by atoms with E-state index in [1.165, 1.54) is 71.1 Å². The van der Waals surface area contributed by atoms with E-state index in [4.69, 9.17) is 0 Å². The van der Waals surface area contributed by atoms with Crippen LogP contribution >= 0.6 is 21.6 Å². The molecule has 8 amide bonds. The van der Waals surface area contributed by atoms with E-state index in [1.54, 1.807) is 6.92 Å². The van der Waals surface area contributed by atoms with E-state index in [9.17, 15) is 68.7 Å². The summed E-state index contributed by atoms with van der Waals surface area (Å²) in [7, 11) is 5.92. The van der Waals surface area contributed by atoms with Crippen LogP contribution in [-0.2, 0) is 56.0 Å². The number of nitrogens with one attached hydrogen (secondary N) is 10. The maximum atomic E-state index is 14.5. The molecule has 81 heavy (non-hydrogen) atoms. The molecule has 0 aliphatic carbocycles. The fourth-order valence-corrected chi connectivity index (χ4v) is 11.4. The molecule has 15 N–H and O–H groups in total. The molecule has 0 bridgehead atoms. The number of carboxylic acid groups (broad SMARTS) is 1. The summed E-state index contributed by atoms with van der Waals surface area (Å²) < 4.78 is 0. The predicted octanol–water partition coefficient (Wildman–Crippen LogP) is -2.77. The number of benzene rings is 2. The van der Waals surface area contributed by atoms with Crippen LogP contribution < -0.4 is 53.2 Å². The smallest absolute Gasteiger partial charge is 0.305 e. The highest BCUT2D eigenvalue weighted by atomic mass is 33.1. The van der Waals surface area contributed by atoms with Crippen LogP contribution in [0, 0.1) is 5.92 Å². The summed E-state index contributed by atoms with van der Waals surface area (Å²) >= 11 is 0. The quantitative estimate of drug-likeness (QED) is 0.0419. The third kappa shape index (κ3) is 23.3. The fourth-order valence-electron chi connectivity index (χ4n) is 8.97. The summed E-state index contributed by atoms with van der Waals surface area (Å²) in [6.45, 7) is 8.73. The molecule has 2 aliphatic rings. The number of aromatic hydroxyl groups is 2. The van der Waals surface area contributed by atoms with Gasteiger partial charge in [0.05, 0.1) is 37.7 Å². The largest absolute Gasteiger partial charge is 0.508 e. The second kappa shape index (κ2) is 34.2. The minimum Gasteiger partial charge on any atom is -0.508 e. The highest BCUT2D eigenvalue weighted by molar-refractivity contribution is 8.76. The average Bonchev–Trinajstić information content (AvgIpc) is 3.97. The average molecular weight is 1180 g/mol. The number of likely N-dealkylation sites (tertiary alicyclic amines) is 1. The summed E-state index contributed by atoms with van der Waals surface area (Å²) in [4.78, 5) is 128. The van der Waals surface area contributed by atoms with Crippen LogP contribution in [0.1, 0.15) is 64.5 Å². The molecule has 2 unspecified atom stereocenters. The van der Waals surface area contributed by atoms with Gasteiger partial charge in [-0.3, -0.25) is 53.4 Å². The van der Waals surface area contributed by atoms with E-state index in [0.29, 0.717) is 43.7 Å². The number of phenolic OH excluding ortho intramolecular Hbond substituents is 2. The minimum absolute atomic E-state index is 0.0222. The van der Waals surface area contributed by atoms with Crippen LogP contribution in [0.25, 0.3) is 0 Å². The van der Waals surface area contributed by atoms with E-state index in [0.717, 1.165) is 10.8 Å². The molecule has 2 aliphatic heterocycles. The van der Waals surface area contributed by atoms with Crippen LogP contribution in [0.15, 0.2) is 48.5 Å². The lowest BCUT2D eigenvalue weighted by atomic mass is 10.0. The highest BCUT2D eigenvalue weighted by Gasteiger charge is 2.40. The van der Waals surface area contributed by atoms with Crippen LogP contribution in [0.5, 0.6) is 11.5 Å². The van der Waals surface area contributed by atoms with Gasteiger partial charge < -0.3 is 78.3 Å². The molecule has 26 nitrogen and oxygen atoms in total. The van der Waals surface area contributed by atoms with E-state index >= 15 is 0 Å². The van der Waals surface area contributed by atoms with Gasteiger partial charge in [0.2, 0.25) is 47.3 Å². The number of phenols is 2. The zero-order chi connectivity index (χ0) is 59.8. The van der Waals surface area contributed by atoms with Crippen LogP contribution in [0.3, 0.4) is 0 Å². The Morgan fingerprint density at radius 3 is 1.81 bits per heavy atom. The van der Waals surface area contributed by atoms with E-state index < -0.39 is 121 Å². The van der Waals surface area contributed by atoms with Crippen molar-refractivity contribution in [1.82, 2.24) is 63.0 Å². The SMILES string of the molecule is CNCCN(CCNC)CC(=O)N[C@@H](CC(C)C)C(=O)N1CCCC1[C@H](O)N[C@H]1CSSC[C@@H](C)NC(=O)[C@H](C(C)O)NC(=O)CNC(=O)[C@H](Cc2ccc(O)cc2)NC(=O)[C@H](Cc2ccc(O)cc2)NC(=O)[C@H](CC(=O)O)NC1=O. The number of nitrogens with zero attached hydrogens (tertiary/aromatic N) is 2. The van der Waals surface area contributed by atoms with E-state index in [2.05, 4.69) is 53.2 Å². The molecule has 0 saturated carbocycles. The lowest BCUT2D eigenvalue weighted by molar-refractivity contribution is -0.141.